The van der Waals surface area contributed by atoms with Crippen LogP contribution in [0.2, 0.25) is 0 Å². The minimum absolute atomic E-state index is 0.0507. The highest BCUT2D eigenvalue weighted by Crippen LogP contribution is 2.14. The first kappa shape index (κ1) is 17.4. The lowest BCUT2D eigenvalue weighted by molar-refractivity contribution is 0.0948. The van der Waals surface area contributed by atoms with Crippen molar-refractivity contribution in [3.8, 4) is 0 Å². The van der Waals surface area contributed by atoms with Crippen molar-refractivity contribution in [3.05, 3.63) is 76.4 Å². The molecule has 1 amide bonds. The molecule has 130 valence electrons. The third kappa shape index (κ3) is 4.56. The van der Waals surface area contributed by atoms with Crippen molar-refractivity contribution in [2.24, 2.45) is 0 Å². The van der Waals surface area contributed by atoms with Gasteiger partial charge in [-0.3, -0.25) is 4.79 Å². The molecule has 3 rings (SSSR count). The van der Waals surface area contributed by atoms with Crippen LogP contribution in [-0.2, 0) is 23.1 Å². The number of rotatable bonds is 7. The van der Waals surface area contributed by atoms with E-state index in [0.717, 1.165) is 4.88 Å². The zero-order valence-corrected chi connectivity index (χ0v) is 14.8. The summed E-state index contributed by atoms with van der Waals surface area (Å²) in [5.74, 6) is 0.251. The Balaban J connectivity index is 1.68. The summed E-state index contributed by atoms with van der Waals surface area (Å²) in [5, 5.41) is 4.57. The molecule has 8 heteroatoms. The molecule has 6 nitrogen and oxygen atoms in total. The van der Waals surface area contributed by atoms with Gasteiger partial charge in [0.15, 0.2) is 0 Å². The molecule has 0 aliphatic rings. The van der Waals surface area contributed by atoms with Gasteiger partial charge in [0.25, 0.3) is 5.91 Å². The molecular formula is C17H16N2O4S2. The van der Waals surface area contributed by atoms with E-state index in [0.29, 0.717) is 5.76 Å². The molecule has 2 N–H and O–H groups in total. The third-order valence-corrected chi connectivity index (χ3v) is 5.70. The van der Waals surface area contributed by atoms with Gasteiger partial charge in [-0.25, -0.2) is 13.1 Å². The first-order valence-corrected chi connectivity index (χ1v) is 9.83. The summed E-state index contributed by atoms with van der Waals surface area (Å²) in [6.07, 6.45) is 1.52. The number of nitrogens with one attached hydrogen (secondary N) is 2. The molecular weight excluding hydrogens is 360 g/mol. The summed E-state index contributed by atoms with van der Waals surface area (Å²) in [6, 6.07) is 13.1. The Kier molecular flexibility index (Phi) is 5.32. The Morgan fingerprint density at radius 3 is 2.68 bits per heavy atom. The monoisotopic (exact) mass is 376 g/mol. The van der Waals surface area contributed by atoms with Crippen molar-refractivity contribution < 1.29 is 17.6 Å². The Bertz CT molecular complexity index is 933. The molecule has 0 unspecified atom stereocenters. The average Bonchev–Trinajstić information content (AvgIpc) is 3.31. The summed E-state index contributed by atoms with van der Waals surface area (Å²) in [5.41, 5.74) is 0.269. The van der Waals surface area contributed by atoms with Crippen LogP contribution in [0.5, 0.6) is 0 Å². The Morgan fingerprint density at radius 1 is 1.08 bits per heavy atom. The van der Waals surface area contributed by atoms with E-state index in [1.807, 2.05) is 17.5 Å². The lowest BCUT2D eigenvalue weighted by atomic mass is 10.2. The van der Waals surface area contributed by atoms with Gasteiger partial charge in [0.05, 0.1) is 17.7 Å². The zero-order chi connectivity index (χ0) is 17.7. The molecule has 0 aliphatic carbocycles. The van der Waals surface area contributed by atoms with Gasteiger partial charge in [-0.1, -0.05) is 12.1 Å². The van der Waals surface area contributed by atoms with E-state index in [4.69, 9.17) is 4.42 Å². The number of amides is 1. The molecule has 0 aliphatic heterocycles. The van der Waals surface area contributed by atoms with E-state index in [1.165, 1.54) is 29.7 Å². The molecule has 2 aromatic heterocycles. The van der Waals surface area contributed by atoms with Crippen LogP contribution in [0.25, 0.3) is 0 Å². The molecule has 0 radical (unpaired) electrons. The maximum absolute atomic E-state index is 12.4. The van der Waals surface area contributed by atoms with Crippen LogP contribution >= 0.6 is 11.3 Å². The summed E-state index contributed by atoms with van der Waals surface area (Å²) in [6.45, 7) is 0.453. The molecule has 1 aromatic carbocycles. The number of hydrogen-bond acceptors (Lipinski definition) is 5. The first-order valence-electron chi connectivity index (χ1n) is 7.47. The number of carbonyl (C=O) groups excluding carboxylic acids is 1. The Morgan fingerprint density at radius 2 is 1.96 bits per heavy atom. The second-order valence-corrected chi connectivity index (χ2v) is 7.99. The van der Waals surface area contributed by atoms with E-state index >= 15 is 0 Å². The highest BCUT2D eigenvalue weighted by atomic mass is 32.2. The van der Waals surface area contributed by atoms with Crippen molar-refractivity contribution >= 4 is 27.3 Å². The third-order valence-electron chi connectivity index (χ3n) is 3.43. The fourth-order valence-electron chi connectivity index (χ4n) is 2.15. The highest BCUT2D eigenvalue weighted by Gasteiger charge is 2.16. The van der Waals surface area contributed by atoms with Crippen LogP contribution in [0, 0.1) is 0 Å². The topological polar surface area (TPSA) is 88.4 Å². The second kappa shape index (κ2) is 7.64. The smallest absolute Gasteiger partial charge is 0.251 e. The average molecular weight is 376 g/mol. The molecule has 0 spiro atoms. The number of thiophene rings is 1. The minimum atomic E-state index is -3.69. The molecule has 25 heavy (non-hydrogen) atoms. The number of hydrogen-bond donors (Lipinski definition) is 2. The van der Waals surface area contributed by atoms with Crippen LogP contribution < -0.4 is 10.0 Å². The number of benzene rings is 1. The normalized spacial score (nSPS) is 11.4. The maximum atomic E-state index is 12.4. The van der Waals surface area contributed by atoms with Gasteiger partial charge in [-0.05, 0) is 41.8 Å². The van der Waals surface area contributed by atoms with Crippen molar-refractivity contribution in [1.29, 1.82) is 0 Å². The molecule has 0 saturated heterocycles. The fourth-order valence-corrected chi connectivity index (χ4v) is 3.94. The van der Waals surface area contributed by atoms with Gasteiger partial charge in [-0.2, -0.15) is 0 Å². The number of sulfonamides is 1. The predicted molar refractivity (Wildman–Crippen MR) is 94.7 cm³/mol. The van der Waals surface area contributed by atoms with Gasteiger partial charge in [0.1, 0.15) is 5.76 Å². The summed E-state index contributed by atoms with van der Waals surface area (Å²) in [7, 11) is -3.69. The lowest BCUT2D eigenvalue weighted by Crippen LogP contribution is -2.25. The van der Waals surface area contributed by atoms with Crippen molar-refractivity contribution in [2.75, 3.05) is 0 Å². The number of furan rings is 1. The Labute approximate surface area is 149 Å². The number of carbonyl (C=O) groups is 1. The summed E-state index contributed by atoms with van der Waals surface area (Å²) < 4.78 is 32.5. The van der Waals surface area contributed by atoms with Gasteiger partial charge >= 0.3 is 0 Å². The quantitative estimate of drug-likeness (QED) is 0.664. The predicted octanol–water partition coefficient (Wildman–Crippen LogP) is 2.75. The lowest BCUT2D eigenvalue weighted by Gasteiger charge is -2.08. The fraction of sp³-hybridized carbons (Fsp3) is 0.118. The van der Waals surface area contributed by atoms with Crippen LogP contribution in [0.1, 0.15) is 21.0 Å². The molecule has 0 saturated carbocycles. The van der Waals surface area contributed by atoms with Crippen LogP contribution in [0.4, 0.5) is 0 Å². The van der Waals surface area contributed by atoms with E-state index in [2.05, 4.69) is 10.0 Å². The van der Waals surface area contributed by atoms with Gasteiger partial charge in [-0.15, -0.1) is 11.3 Å². The molecule has 2 heterocycles. The second-order valence-electron chi connectivity index (χ2n) is 5.19. The molecule has 3 aromatic rings. The van der Waals surface area contributed by atoms with Crippen LogP contribution in [0.3, 0.4) is 0 Å². The SMILES string of the molecule is O=C(NCc1ccco1)c1cccc(S(=O)(=O)NCc2cccs2)c1. The standard InChI is InChI=1S/C17H16N2O4S2/c20-17(18-11-14-5-2-8-23-14)13-4-1-7-16(10-13)25(21,22)19-12-15-6-3-9-24-15/h1-10,19H,11-12H2,(H,18,20). The van der Waals surface area contributed by atoms with Gasteiger partial charge in [0.2, 0.25) is 10.0 Å². The van der Waals surface area contributed by atoms with Crippen molar-refractivity contribution in [3.63, 3.8) is 0 Å². The molecule has 0 atom stereocenters. The highest BCUT2D eigenvalue weighted by molar-refractivity contribution is 7.89. The summed E-state index contributed by atoms with van der Waals surface area (Å²) >= 11 is 1.47. The van der Waals surface area contributed by atoms with E-state index < -0.39 is 10.0 Å². The van der Waals surface area contributed by atoms with E-state index in [9.17, 15) is 13.2 Å². The van der Waals surface area contributed by atoms with Crippen LogP contribution in [0.15, 0.2) is 69.5 Å². The molecule has 0 fully saturated rings. The van der Waals surface area contributed by atoms with E-state index in [1.54, 1.807) is 24.3 Å². The summed E-state index contributed by atoms with van der Waals surface area (Å²) in [4.78, 5) is 13.2. The molecule has 0 bridgehead atoms. The zero-order valence-electron chi connectivity index (χ0n) is 13.1. The van der Waals surface area contributed by atoms with Crippen molar-refractivity contribution in [1.82, 2.24) is 10.0 Å². The van der Waals surface area contributed by atoms with Crippen LogP contribution in [-0.4, -0.2) is 14.3 Å². The first-order chi connectivity index (χ1) is 12.0. The largest absolute Gasteiger partial charge is 0.467 e. The van der Waals surface area contributed by atoms with Gasteiger partial charge in [0, 0.05) is 17.0 Å². The van der Waals surface area contributed by atoms with E-state index in [-0.39, 0.29) is 29.5 Å². The van der Waals surface area contributed by atoms with Gasteiger partial charge < -0.3 is 9.73 Å². The maximum Gasteiger partial charge on any atom is 0.251 e. The van der Waals surface area contributed by atoms with Crippen molar-refractivity contribution in [2.45, 2.75) is 18.0 Å². The minimum Gasteiger partial charge on any atom is -0.467 e. The Hall–Kier alpha value is -2.42.